The molecule has 2 rings (SSSR count). The molecule has 2 aromatic rings. The molecule has 0 radical (unpaired) electrons. The number of benzene rings is 1. The molecule has 21 heavy (non-hydrogen) atoms. The Kier molecular flexibility index (Phi) is 4.98. The zero-order valence-corrected chi connectivity index (χ0v) is 13.0. The predicted molar refractivity (Wildman–Crippen MR) is 80.8 cm³/mol. The molecule has 1 amide bonds. The molecule has 1 aromatic carbocycles. The van der Waals surface area contributed by atoms with E-state index in [0.717, 1.165) is 5.56 Å². The lowest BCUT2D eigenvalue weighted by Gasteiger charge is -2.17. The summed E-state index contributed by atoms with van der Waals surface area (Å²) in [5, 5.41) is 8.50. The van der Waals surface area contributed by atoms with Crippen LogP contribution in [-0.2, 0) is 6.54 Å². The monoisotopic (exact) mass is 325 g/mol. The second-order valence-electron chi connectivity index (χ2n) is 4.34. The van der Waals surface area contributed by atoms with Crippen LogP contribution in [0.25, 0.3) is 0 Å². The highest BCUT2D eigenvalue weighted by molar-refractivity contribution is 6.42. The summed E-state index contributed by atoms with van der Waals surface area (Å²) in [5.41, 5.74) is 0.998. The van der Waals surface area contributed by atoms with Crippen LogP contribution >= 0.6 is 23.2 Å². The molecule has 5 nitrogen and oxygen atoms in total. The van der Waals surface area contributed by atoms with E-state index in [2.05, 4.69) is 10.2 Å². The van der Waals surface area contributed by atoms with Crippen molar-refractivity contribution in [1.29, 1.82) is 0 Å². The summed E-state index contributed by atoms with van der Waals surface area (Å²) < 4.78 is 4.90. The number of halogens is 2. The van der Waals surface area contributed by atoms with Gasteiger partial charge in [0.15, 0.2) is 5.69 Å². The molecule has 0 bridgehead atoms. The Hall–Kier alpha value is -1.85. The molecule has 0 spiro atoms. The molecular weight excluding hydrogens is 313 g/mol. The molecule has 0 N–H and O–H groups in total. The van der Waals surface area contributed by atoms with Crippen LogP contribution in [-0.4, -0.2) is 35.2 Å². The van der Waals surface area contributed by atoms with Crippen molar-refractivity contribution < 1.29 is 9.53 Å². The van der Waals surface area contributed by atoms with Crippen LogP contribution < -0.4 is 4.74 Å². The molecule has 0 saturated carbocycles. The van der Waals surface area contributed by atoms with E-state index in [1.165, 1.54) is 12.0 Å². The van der Waals surface area contributed by atoms with E-state index < -0.39 is 0 Å². The predicted octanol–water partition coefficient (Wildman–Crippen LogP) is 3.06. The number of rotatable bonds is 4. The Morgan fingerprint density at radius 2 is 2.00 bits per heavy atom. The van der Waals surface area contributed by atoms with Crippen molar-refractivity contribution in [2.75, 3.05) is 14.2 Å². The first-order chi connectivity index (χ1) is 10.0. The maximum absolute atomic E-state index is 12.3. The third kappa shape index (κ3) is 3.62. The van der Waals surface area contributed by atoms with E-state index >= 15 is 0 Å². The summed E-state index contributed by atoms with van der Waals surface area (Å²) in [6.45, 7) is 0.325. The van der Waals surface area contributed by atoms with Gasteiger partial charge in [0.05, 0.1) is 17.2 Å². The fourth-order valence-corrected chi connectivity index (χ4v) is 2.12. The van der Waals surface area contributed by atoms with E-state index in [4.69, 9.17) is 27.9 Å². The maximum Gasteiger partial charge on any atom is 0.274 e. The molecule has 0 atom stereocenters. The second kappa shape index (κ2) is 6.74. The average molecular weight is 326 g/mol. The number of aromatic nitrogens is 2. The standard InChI is InChI=1S/C14H13Cl2N3O2/c1-19(8-9-4-3-5-10(15)13(9)16)14(20)11-6-7-12(21-2)18-17-11/h3-7H,8H2,1-2H3. The normalized spacial score (nSPS) is 10.3. The molecule has 0 aliphatic heterocycles. The van der Waals surface area contributed by atoms with Gasteiger partial charge in [-0.25, -0.2) is 0 Å². The van der Waals surface area contributed by atoms with Gasteiger partial charge in [0.25, 0.3) is 5.91 Å². The minimum Gasteiger partial charge on any atom is -0.480 e. The summed E-state index contributed by atoms with van der Waals surface area (Å²) in [5.74, 6) is 0.0910. The molecule has 1 aromatic heterocycles. The van der Waals surface area contributed by atoms with Crippen LogP contribution in [0.4, 0.5) is 0 Å². The Morgan fingerprint density at radius 1 is 1.24 bits per heavy atom. The number of amides is 1. The number of nitrogens with zero attached hydrogens (tertiary/aromatic N) is 3. The number of carbonyl (C=O) groups is 1. The number of hydrogen-bond donors (Lipinski definition) is 0. The Labute approximate surface area is 132 Å². The van der Waals surface area contributed by atoms with Crippen molar-refractivity contribution in [3.63, 3.8) is 0 Å². The van der Waals surface area contributed by atoms with Crippen molar-refractivity contribution in [1.82, 2.24) is 15.1 Å². The number of carbonyl (C=O) groups excluding carboxylic acids is 1. The molecule has 1 heterocycles. The molecule has 110 valence electrons. The zero-order valence-electron chi connectivity index (χ0n) is 11.5. The minimum absolute atomic E-state index is 0.233. The van der Waals surface area contributed by atoms with Gasteiger partial charge in [0.2, 0.25) is 5.88 Å². The van der Waals surface area contributed by atoms with Crippen molar-refractivity contribution in [2.24, 2.45) is 0 Å². The van der Waals surface area contributed by atoms with Gasteiger partial charge in [-0.1, -0.05) is 35.3 Å². The fourth-order valence-electron chi connectivity index (χ4n) is 1.74. The Balaban J connectivity index is 2.13. The van der Waals surface area contributed by atoms with Crippen molar-refractivity contribution in [3.05, 3.63) is 51.6 Å². The number of methoxy groups -OCH3 is 1. The van der Waals surface area contributed by atoms with Crippen LogP contribution in [0.15, 0.2) is 30.3 Å². The van der Waals surface area contributed by atoms with Crippen LogP contribution in [0, 0.1) is 0 Å². The molecule has 7 heteroatoms. The third-order valence-corrected chi connectivity index (χ3v) is 3.71. The van der Waals surface area contributed by atoms with Gasteiger partial charge in [-0.3, -0.25) is 4.79 Å². The third-order valence-electron chi connectivity index (χ3n) is 2.85. The van der Waals surface area contributed by atoms with Crippen LogP contribution in [0.2, 0.25) is 10.0 Å². The van der Waals surface area contributed by atoms with E-state index in [1.54, 1.807) is 31.3 Å². The largest absolute Gasteiger partial charge is 0.480 e. The average Bonchev–Trinajstić information content (AvgIpc) is 2.51. The van der Waals surface area contributed by atoms with Gasteiger partial charge in [-0.15, -0.1) is 10.2 Å². The molecule has 0 fully saturated rings. The highest BCUT2D eigenvalue weighted by Crippen LogP contribution is 2.26. The summed E-state index contributed by atoms with van der Waals surface area (Å²) in [4.78, 5) is 13.7. The molecule has 0 aliphatic carbocycles. The van der Waals surface area contributed by atoms with Gasteiger partial charge in [-0.2, -0.15) is 0 Å². The maximum atomic E-state index is 12.3. The lowest BCUT2D eigenvalue weighted by atomic mass is 10.2. The summed E-state index contributed by atoms with van der Waals surface area (Å²) in [6.07, 6.45) is 0. The quantitative estimate of drug-likeness (QED) is 0.866. The van der Waals surface area contributed by atoms with Gasteiger partial charge in [0, 0.05) is 19.7 Å². The van der Waals surface area contributed by atoms with Crippen LogP contribution in [0.3, 0.4) is 0 Å². The summed E-state index contributed by atoms with van der Waals surface area (Å²) in [7, 11) is 3.14. The molecule has 0 unspecified atom stereocenters. The lowest BCUT2D eigenvalue weighted by Crippen LogP contribution is -2.27. The summed E-state index contributed by atoms with van der Waals surface area (Å²) in [6, 6.07) is 8.45. The van der Waals surface area contributed by atoms with Crippen molar-refractivity contribution in [2.45, 2.75) is 6.54 Å². The smallest absolute Gasteiger partial charge is 0.274 e. The van der Waals surface area contributed by atoms with Crippen molar-refractivity contribution >= 4 is 29.1 Å². The molecule has 0 aliphatic rings. The first-order valence-electron chi connectivity index (χ1n) is 6.09. The SMILES string of the molecule is COc1ccc(C(=O)N(C)Cc2cccc(Cl)c2Cl)nn1. The second-order valence-corrected chi connectivity index (χ2v) is 5.12. The van der Waals surface area contributed by atoms with Gasteiger partial charge in [-0.05, 0) is 17.7 Å². The Morgan fingerprint density at radius 3 is 2.62 bits per heavy atom. The first-order valence-corrected chi connectivity index (χ1v) is 6.84. The fraction of sp³-hybridized carbons (Fsp3) is 0.214. The van der Waals surface area contributed by atoms with Crippen molar-refractivity contribution in [3.8, 4) is 5.88 Å². The number of hydrogen-bond acceptors (Lipinski definition) is 4. The van der Waals surface area contributed by atoms with Crippen LogP contribution in [0.5, 0.6) is 5.88 Å². The van der Waals surface area contributed by atoms with Gasteiger partial charge >= 0.3 is 0 Å². The van der Waals surface area contributed by atoms with Crippen LogP contribution in [0.1, 0.15) is 16.1 Å². The Bertz CT molecular complexity index is 647. The number of ether oxygens (including phenoxy) is 1. The minimum atomic E-state index is -0.263. The first kappa shape index (κ1) is 15.5. The highest BCUT2D eigenvalue weighted by atomic mass is 35.5. The highest BCUT2D eigenvalue weighted by Gasteiger charge is 2.16. The topological polar surface area (TPSA) is 55.3 Å². The molecule has 0 saturated heterocycles. The van der Waals surface area contributed by atoms with Gasteiger partial charge in [0.1, 0.15) is 0 Å². The summed E-state index contributed by atoms with van der Waals surface area (Å²) >= 11 is 12.1. The van der Waals surface area contributed by atoms with E-state index in [0.29, 0.717) is 22.5 Å². The lowest BCUT2D eigenvalue weighted by molar-refractivity contribution is 0.0778. The molecular formula is C14H13Cl2N3O2. The van der Waals surface area contributed by atoms with E-state index in [9.17, 15) is 4.79 Å². The van der Waals surface area contributed by atoms with Gasteiger partial charge < -0.3 is 9.64 Å². The van der Waals surface area contributed by atoms with E-state index in [1.807, 2.05) is 6.07 Å². The van der Waals surface area contributed by atoms with E-state index in [-0.39, 0.29) is 11.6 Å². The zero-order chi connectivity index (χ0) is 15.4.